The van der Waals surface area contributed by atoms with Gasteiger partial charge in [0, 0.05) is 26.3 Å². The first-order valence-corrected chi connectivity index (χ1v) is 6.42. The zero-order chi connectivity index (χ0) is 13.2. The fourth-order valence-electron chi connectivity index (χ4n) is 2.63. The van der Waals surface area contributed by atoms with Gasteiger partial charge in [-0.25, -0.2) is 0 Å². The fraction of sp³-hybridized carbons (Fsp3) is 0.833. The molecule has 2 aliphatic heterocycles. The van der Waals surface area contributed by atoms with Gasteiger partial charge in [-0.15, -0.1) is 0 Å². The number of hydrogen-bond donors (Lipinski definition) is 2. The summed E-state index contributed by atoms with van der Waals surface area (Å²) in [4.78, 5) is 25.0. The first kappa shape index (κ1) is 13.3. The number of likely N-dealkylation sites (tertiary alicyclic amines) is 1. The van der Waals surface area contributed by atoms with E-state index >= 15 is 0 Å². The van der Waals surface area contributed by atoms with Crippen LogP contribution in [0, 0.1) is 5.92 Å². The zero-order valence-corrected chi connectivity index (χ0v) is 10.4. The number of carboxylic acids is 1. The summed E-state index contributed by atoms with van der Waals surface area (Å²) in [7, 11) is 0. The van der Waals surface area contributed by atoms with Crippen molar-refractivity contribution in [2.75, 3.05) is 26.3 Å². The van der Waals surface area contributed by atoms with E-state index in [1.54, 1.807) is 4.90 Å². The van der Waals surface area contributed by atoms with Gasteiger partial charge in [-0.3, -0.25) is 9.59 Å². The number of hydrogen-bond acceptors (Lipinski definition) is 4. The molecule has 2 heterocycles. The molecule has 102 valence electrons. The molecule has 0 saturated carbocycles. The van der Waals surface area contributed by atoms with Crippen molar-refractivity contribution in [2.45, 2.75) is 31.2 Å². The smallest absolute Gasteiger partial charge is 0.308 e. The summed E-state index contributed by atoms with van der Waals surface area (Å²) < 4.78 is 5.22. The molecule has 2 fully saturated rings. The van der Waals surface area contributed by atoms with Crippen LogP contribution in [-0.4, -0.2) is 53.7 Å². The molecule has 6 nitrogen and oxygen atoms in total. The Morgan fingerprint density at radius 3 is 2.61 bits per heavy atom. The maximum Gasteiger partial charge on any atom is 0.308 e. The second-order valence-corrected chi connectivity index (χ2v) is 5.20. The van der Waals surface area contributed by atoms with Gasteiger partial charge in [-0.1, -0.05) is 0 Å². The Kier molecular flexibility index (Phi) is 3.87. The fourth-order valence-corrected chi connectivity index (χ4v) is 2.63. The van der Waals surface area contributed by atoms with E-state index in [1.165, 1.54) is 0 Å². The van der Waals surface area contributed by atoms with Crippen LogP contribution in [0.4, 0.5) is 0 Å². The second-order valence-electron chi connectivity index (χ2n) is 5.20. The maximum atomic E-state index is 12.4. The van der Waals surface area contributed by atoms with E-state index in [0.717, 1.165) is 6.42 Å². The molecule has 0 aromatic heterocycles. The molecule has 1 atom stereocenters. The van der Waals surface area contributed by atoms with Crippen molar-refractivity contribution in [2.24, 2.45) is 11.7 Å². The number of carbonyl (C=O) groups excluding carboxylic acids is 1. The van der Waals surface area contributed by atoms with Crippen LogP contribution in [0.3, 0.4) is 0 Å². The van der Waals surface area contributed by atoms with E-state index < -0.39 is 17.4 Å². The highest BCUT2D eigenvalue weighted by molar-refractivity contribution is 5.87. The summed E-state index contributed by atoms with van der Waals surface area (Å²) in [6, 6.07) is 0. The van der Waals surface area contributed by atoms with Gasteiger partial charge < -0.3 is 20.5 Å². The lowest BCUT2D eigenvalue weighted by Crippen LogP contribution is -2.59. The molecule has 1 amide bonds. The summed E-state index contributed by atoms with van der Waals surface area (Å²) in [6.45, 7) is 1.90. The standard InChI is InChI=1S/C12H20N2O4/c13-12(3-6-18-7-4-12)11(17)14-5-1-2-9(8-14)10(15)16/h9H,1-8,13H2,(H,15,16)/t9-/m0/s1. The molecule has 0 radical (unpaired) electrons. The lowest BCUT2D eigenvalue weighted by Gasteiger charge is -2.39. The average molecular weight is 256 g/mol. The van der Waals surface area contributed by atoms with Crippen LogP contribution in [0.15, 0.2) is 0 Å². The number of aliphatic carboxylic acids is 1. The number of nitrogens with zero attached hydrogens (tertiary/aromatic N) is 1. The predicted octanol–water partition coefficient (Wildman–Crippen LogP) is -0.182. The Hall–Kier alpha value is -1.14. The van der Waals surface area contributed by atoms with E-state index in [9.17, 15) is 9.59 Å². The minimum Gasteiger partial charge on any atom is -0.481 e. The molecule has 2 aliphatic rings. The molecule has 0 aromatic carbocycles. The number of carboxylic acid groups (broad SMARTS) is 1. The first-order chi connectivity index (χ1) is 8.53. The van der Waals surface area contributed by atoms with Crippen molar-refractivity contribution in [3.8, 4) is 0 Å². The summed E-state index contributed by atoms with van der Waals surface area (Å²) in [6.07, 6.45) is 2.40. The Morgan fingerprint density at radius 1 is 1.33 bits per heavy atom. The third-order valence-corrected chi connectivity index (χ3v) is 3.87. The van der Waals surface area contributed by atoms with Gasteiger partial charge in [0.2, 0.25) is 5.91 Å². The van der Waals surface area contributed by atoms with Crippen LogP contribution < -0.4 is 5.73 Å². The predicted molar refractivity (Wildman–Crippen MR) is 63.9 cm³/mol. The molecule has 0 bridgehead atoms. The van der Waals surface area contributed by atoms with Crippen LogP contribution in [0.25, 0.3) is 0 Å². The molecular weight excluding hydrogens is 236 g/mol. The monoisotopic (exact) mass is 256 g/mol. The molecule has 6 heteroatoms. The third-order valence-electron chi connectivity index (χ3n) is 3.87. The van der Waals surface area contributed by atoms with Gasteiger partial charge in [-0.05, 0) is 25.7 Å². The molecule has 0 unspecified atom stereocenters. The van der Waals surface area contributed by atoms with Gasteiger partial charge in [0.15, 0.2) is 0 Å². The van der Waals surface area contributed by atoms with Crippen LogP contribution >= 0.6 is 0 Å². The molecule has 18 heavy (non-hydrogen) atoms. The Morgan fingerprint density at radius 2 is 2.00 bits per heavy atom. The third kappa shape index (κ3) is 2.64. The summed E-state index contributed by atoms with van der Waals surface area (Å²) in [5, 5.41) is 9.02. The van der Waals surface area contributed by atoms with Crippen molar-refractivity contribution in [1.82, 2.24) is 4.90 Å². The van der Waals surface area contributed by atoms with E-state index in [-0.39, 0.29) is 12.5 Å². The van der Waals surface area contributed by atoms with Gasteiger partial charge in [0.05, 0.1) is 11.5 Å². The van der Waals surface area contributed by atoms with E-state index in [4.69, 9.17) is 15.6 Å². The van der Waals surface area contributed by atoms with Gasteiger partial charge in [-0.2, -0.15) is 0 Å². The maximum absolute atomic E-state index is 12.4. The molecule has 2 saturated heterocycles. The van der Waals surface area contributed by atoms with Crippen LogP contribution in [0.2, 0.25) is 0 Å². The van der Waals surface area contributed by atoms with Gasteiger partial charge >= 0.3 is 5.97 Å². The van der Waals surface area contributed by atoms with Crippen molar-refractivity contribution < 1.29 is 19.4 Å². The Bertz CT molecular complexity index is 339. The summed E-state index contributed by atoms with van der Waals surface area (Å²) >= 11 is 0. The topological polar surface area (TPSA) is 92.9 Å². The Balaban J connectivity index is 2.01. The van der Waals surface area contributed by atoms with Crippen LogP contribution in [0.5, 0.6) is 0 Å². The molecular formula is C12H20N2O4. The van der Waals surface area contributed by atoms with Crippen molar-refractivity contribution in [3.05, 3.63) is 0 Å². The number of rotatable bonds is 2. The van der Waals surface area contributed by atoms with Crippen LogP contribution in [0.1, 0.15) is 25.7 Å². The van der Waals surface area contributed by atoms with Gasteiger partial charge in [0.25, 0.3) is 0 Å². The lowest BCUT2D eigenvalue weighted by molar-refractivity contribution is -0.148. The highest BCUT2D eigenvalue weighted by atomic mass is 16.5. The number of carbonyl (C=O) groups is 2. The van der Waals surface area contributed by atoms with Crippen molar-refractivity contribution in [1.29, 1.82) is 0 Å². The molecule has 0 spiro atoms. The second kappa shape index (κ2) is 5.24. The summed E-state index contributed by atoms with van der Waals surface area (Å²) in [5.74, 6) is -1.39. The minimum atomic E-state index is -0.862. The normalized spacial score (nSPS) is 27.8. The molecule has 3 N–H and O–H groups in total. The van der Waals surface area contributed by atoms with Gasteiger partial charge in [0.1, 0.15) is 0 Å². The lowest BCUT2D eigenvalue weighted by atomic mass is 9.88. The number of piperidine rings is 1. The molecule has 2 rings (SSSR count). The van der Waals surface area contributed by atoms with Crippen molar-refractivity contribution in [3.63, 3.8) is 0 Å². The van der Waals surface area contributed by atoms with E-state index in [2.05, 4.69) is 0 Å². The Labute approximate surface area is 106 Å². The van der Waals surface area contributed by atoms with Crippen molar-refractivity contribution >= 4 is 11.9 Å². The largest absolute Gasteiger partial charge is 0.481 e. The summed E-state index contributed by atoms with van der Waals surface area (Å²) in [5.41, 5.74) is 5.27. The number of nitrogens with two attached hydrogens (primary N) is 1. The molecule has 0 aliphatic carbocycles. The quantitative estimate of drug-likeness (QED) is 0.714. The number of ether oxygens (including phenoxy) is 1. The van der Waals surface area contributed by atoms with E-state index in [0.29, 0.717) is 39.0 Å². The van der Waals surface area contributed by atoms with Crippen LogP contribution in [-0.2, 0) is 14.3 Å². The van der Waals surface area contributed by atoms with E-state index in [1.807, 2.05) is 0 Å². The minimum absolute atomic E-state index is 0.114. The number of amides is 1. The highest BCUT2D eigenvalue weighted by Crippen LogP contribution is 2.24. The first-order valence-electron chi connectivity index (χ1n) is 6.42. The SMILES string of the molecule is NC1(C(=O)N2CCC[C@H](C(=O)O)C2)CCOCC1. The zero-order valence-electron chi connectivity index (χ0n) is 10.4. The average Bonchev–Trinajstić information content (AvgIpc) is 2.39. The molecule has 0 aromatic rings. The highest BCUT2D eigenvalue weighted by Gasteiger charge is 2.40.